The van der Waals surface area contributed by atoms with Crippen molar-refractivity contribution in [3.63, 3.8) is 0 Å². The van der Waals surface area contributed by atoms with E-state index < -0.39 is 11.8 Å². The second kappa shape index (κ2) is 12.7. The van der Waals surface area contributed by atoms with E-state index in [0.717, 1.165) is 32.8 Å². The molecule has 0 radical (unpaired) electrons. The Bertz CT molecular complexity index is 608. The lowest BCUT2D eigenvalue weighted by Crippen LogP contribution is -2.39. The van der Waals surface area contributed by atoms with Crippen LogP contribution >= 0.6 is 0 Å². The Balaban J connectivity index is 2.52. The summed E-state index contributed by atoms with van der Waals surface area (Å²) in [6.07, 6.45) is 13.0. The highest BCUT2D eigenvalue weighted by Crippen LogP contribution is 2.33. The summed E-state index contributed by atoms with van der Waals surface area (Å²) in [6, 6.07) is 0. The topological polar surface area (TPSA) is 83.8 Å². The van der Waals surface area contributed by atoms with Crippen LogP contribution in [-0.2, 0) is 14.3 Å². The predicted molar refractivity (Wildman–Crippen MR) is 110 cm³/mol. The first-order valence-corrected chi connectivity index (χ1v) is 10.4. The molecule has 29 heavy (non-hydrogen) atoms. The fraction of sp³-hybridized carbons (Fsp3) is 0.652. The molecule has 1 fully saturated rings. The van der Waals surface area contributed by atoms with Gasteiger partial charge in [0.05, 0.1) is 12.9 Å². The van der Waals surface area contributed by atoms with E-state index in [0.29, 0.717) is 19.3 Å². The first kappa shape index (κ1) is 25.2. The molecule has 0 spiro atoms. The molecule has 0 saturated heterocycles. The van der Waals surface area contributed by atoms with Crippen molar-refractivity contribution in [3.05, 3.63) is 36.7 Å². The van der Waals surface area contributed by atoms with E-state index >= 15 is 0 Å². The van der Waals surface area contributed by atoms with Crippen molar-refractivity contribution in [2.45, 2.75) is 70.5 Å². The van der Waals surface area contributed by atoms with Gasteiger partial charge in [-0.05, 0) is 38.0 Å². The Morgan fingerprint density at radius 1 is 1.38 bits per heavy atom. The number of allylic oxidation sites excluding steroid dienone is 5. The van der Waals surface area contributed by atoms with Gasteiger partial charge in [-0.2, -0.15) is 0 Å². The highest BCUT2D eigenvalue weighted by atomic mass is 19.1. The largest absolute Gasteiger partial charge is 0.465 e. The van der Waals surface area contributed by atoms with Gasteiger partial charge in [0.1, 0.15) is 5.78 Å². The number of hydrogen-bond acceptors (Lipinski definition) is 5. The number of aliphatic hydroxyl groups is 2. The Hall–Kier alpha value is -1.79. The zero-order valence-electron chi connectivity index (χ0n) is 17.6. The molecule has 0 aromatic rings. The van der Waals surface area contributed by atoms with Gasteiger partial charge >= 0.3 is 5.97 Å². The molecule has 5 nitrogen and oxygen atoms in total. The summed E-state index contributed by atoms with van der Waals surface area (Å²) in [7, 11) is 1.09. The van der Waals surface area contributed by atoms with Crippen molar-refractivity contribution in [2.75, 3.05) is 7.11 Å². The molecule has 0 unspecified atom stereocenters. The molecular weight excluding hydrogens is 375 g/mol. The molecule has 1 saturated carbocycles. The fourth-order valence-electron chi connectivity index (χ4n) is 3.65. The molecule has 1 aliphatic rings. The first-order chi connectivity index (χ1) is 13.7. The summed E-state index contributed by atoms with van der Waals surface area (Å²) >= 11 is 0. The van der Waals surface area contributed by atoms with Gasteiger partial charge in [-0.25, -0.2) is 9.18 Å². The minimum atomic E-state index is -2.50. The summed E-state index contributed by atoms with van der Waals surface area (Å²) in [6.45, 7) is 5.53. The molecule has 2 N–H and O–H groups in total. The van der Waals surface area contributed by atoms with Crippen molar-refractivity contribution in [2.24, 2.45) is 17.8 Å². The highest BCUT2D eigenvalue weighted by Gasteiger charge is 2.34. The molecule has 0 aliphatic heterocycles. The van der Waals surface area contributed by atoms with E-state index in [4.69, 9.17) is 0 Å². The van der Waals surface area contributed by atoms with E-state index in [2.05, 4.69) is 18.2 Å². The summed E-state index contributed by atoms with van der Waals surface area (Å²) in [5.41, 5.74) is 0. The standard InChI is InChI=1S/C23H35FO5/c1-4-5-10-18(17(2)24)11-9-12-19-14-15-21(25)20(19)13-7-6-8-16-23(27,28)22(26)29-3/h6-7,9,12,18-20,27-28H,2,4-5,8,10-11,13-16H2,1,3H3/t18-,19+,20-/m1/s1. The van der Waals surface area contributed by atoms with Crippen LogP contribution in [0.15, 0.2) is 36.7 Å². The second-order valence-corrected chi connectivity index (χ2v) is 7.78. The summed E-state index contributed by atoms with van der Waals surface area (Å²) in [5, 5.41) is 19.1. The lowest BCUT2D eigenvalue weighted by Gasteiger charge is -2.17. The Kier molecular flexibility index (Phi) is 11.1. The summed E-state index contributed by atoms with van der Waals surface area (Å²) < 4.78 is 17.9. The number of hydrogen-bond donors (Lipinski definition) is 2. The van der Waals surface area contributed by atoms with Crippen molar-refractivity contribution in [3.8, 4) is 0 Å². The Labute approximate surface area is 173 Å². The number of ether oxygens (including phenoxy) is 1. The lowest BCUT2D eigenvalue weighted by molar-refractivity contribution is -0.208. The fourth-order valence-corrected chi connectivity index (χ4v) is 3.65. The lowest BCUT2D eigenvalue weighted by atomic mass is 9.90. The third kappa shape index (κ3) is 8.62. The first-order valence-electron chi connectivity index (χ1n) is 10.4. The number of rotatable bonds is 13. The second-order valence-electron chi connectivity index (χ2n) is 7.78. The molecule has 1 aliphatic carbocycles. The van der Waals surface area contributed by atoms with Crippen LogP contribution in [0.4, 0.5) is 4.39 Å². The van der Waals surface area contributed by atoms with Gasteiger partial charge in [0, 0.05) is 24.7 Å². The van der Waals surface area contributed by atoms with Crippen molar-refractivity contribution < 1.29 is 28.9 Å². The van der Waals surface area contributed by atoms with Crippen LogP contribution in [0.2, 0.25) is 0 Å². The van der Waals surface area contributed by atoms with Crippen LogP contribution in [-0.4, -0.2) is 34.9 Å². The third-order valence-electron chi connectivity index (χ3n) is 5.54. The van der Waals surface area contributed by atoms with Crippen molar-refractivity contribution >= 4 is 11.8 Å². The molecule has 6 heteroatoms. The van der Waals surface area contributed by atoms with Gasteiger partial charge in [-0.1, -0.05) is 50.6 Å². The van der Waals surface area contributed by atoms with Gasteiger partial charge in [0.15, 0.2) is 0 Å². The average Bonchev–Trinajstić information content (AvgIpc) is 3.02. The van der Waals surface area contributed by atoms with Crippen LogP contribution in [0.25, 0.3) is 0 Å². The maximum absolute atomic E-state index is 13.6. The van der Waals surface area contributed by atoms with E-state index in [1.807, 2.05) is 18.2 Å². The highest BCUT2D eigenvalue weighted by molar-refractivity contribution is 5.83. The number of carbonyl (C=O) groups excluding carboxylic acids is 2. The minimum absolute atomic E-state index is 0.112. The van der Waals surface area contributed by atoms with Gasteiger partial charge in [-0.15, -0.1) is 0 Å². The van der Waals surface area contributed by atoms with E-state index in [-0.39, 0.29) is 42.2 Å². The molecule has 0 aromatic heterocycles. The maximum Gasteiger partial charge on any atom is 0.366 e. The van der Waals surface area contributed by atoms with Gasteiger partial charge in [0.2, 0.25) is 0 Å². The molecule has 0 bridgehead atoms. The van der Waals surface area contributed by atoms with Gasteiger partial charge in [0.25, 0.3) is 5.79 Å². The number of esters is 1. The normalized spacial score (nSPS) is 21.2. The summed E-state index contributed by atoms with van der Waals surface area (Å²) in [5.74, 6) is -3.78. The number of halogens is 1. The van der Waals surface area contributed by atoms with E-state index in [1.165, 1.54) is 0 Å². The van der Waals surface area contributed by atoms with Crippen LogP contribution < -0.4 is 0 Å². The number of carbonyl (C=O) groups is 2. The molecule has 1 rings (SSSR count). The van der Waals surface area contributed by atoms with Crippen molar-refractivity contribution in [1.82, 2.24) is 0 Å². The van der Waals surface area contributed by atoms with E-state index in [9.17, 15) is 24.2 Å². The van der Waals surface area contributed by atoms with Crippen LogP contribution in [0.5, 0.6) is 0 Å². The predicted octanol–water partition coefficient (Wildman–Crippen LogP) is 4.40. The van der Waals surface area contributed by atoms with Crippen LogP contribution in [0.1, 0.15) is 64.7 Å². The molecule has 0 aromatic carbocycles. The number of Topliss-reactive ketones (excluding diaryl/α,β-unsaturated/α-hetero) is 1. The van der Waals surface area contributed by atoms with Gasteiger partial charge in [-0.3, -0.25) is 4.79 Å². The monoisotopic (exact) mass is 410 g/mol. The SMILES string of the molecule is C=C(F)[C@@H](CC=C[C@H]1CCC(=O)[C@@H]1CC=CCCC(O)(O)C(=O)OC)CCCC. The number of unbranched alkanes of at least 4 members (excludes halogenated alkanes) is 1. The molecule has 3 atom stereocenters. The quantitative estimate of drug-likeness (QED) is 0.267. The van der Waals surface area contributed by atoms with Crippen molar-refractivity contribution in [1.29, 1.82) is 0 Å². The van der Waals surface area contributed by atoms with E-state index in [1.54, 1.807) is 6.08 Å². The molecule has 164 valence electrons. The Morgan fingerprint density at radius 3 is 2.72 bits per heavy atom. The van der Waals surface area contributed by atoms with Gasteiger partial charge < -0.3 is 14.9 Å². The maximum atomic E-state index is 13.6. The third-order valence-corrected chi connectivity index (χ3v) is 5.54. The zero-order chi connectivity index (χ0) is 21.9. The smallest absolute Gasteiger partial charge is 0.366 e. The van der Waals surface area contributed by atoms with Crippen LogP contribution in [0.3, 0.4) is 0 Å². The number of ketones is 1. The molecule has 0 heterocycles. The molecular formula is C23H35FO5. The minimum Gasteiger partial charge on any atom is -0.465 e. The summed E-state index contributed by atoms with van der Waals surface area (Å²) in [4.78, 5) is 23.4. The zero-order valence-corrected chi connectivity index (χ0v) is 17.6. The Morgan fingerprint density at radius 2 is 2.10 bits per heavy atom. The number of methoxy groups -OCH3 is 1. The van der Waals surface area contributed by atoms with Crippen LogP contribution in [0, 0.1) is 17.8 Å². The molecule has 0 amide bonds. The average molecular weight is 411 g/mol.